The van der Waals surface area contributed by atoms with E-state index in [9.17, 15) is 14.4 Å². The van der Waals surface area contributed by atoms with E-state index in [1.165, 1.54) is 0 Å². The zero-order chi connectivity index (χ0) is 20.4. The van der Waals surface area contributed by atoms with Crippen LogP contribution >= 0.6 is 0 Å². The van der Waals surface area contributed by atoms with Crippen LogP contribution in [0.25, 0.3) is 11.5 Å². The number of fused-ring (bicyclic) bond motifs is 1. The third-order valence-electron chi connectivity index (χ3n) is 4.68. The Morgan fingerprint density at radius 2 is 1.59 bits per heavy atom. The van der Waals surface area contributed by atoms with Gasteiger partial charge >= 0.3 is 0 Å². The molecule has 0 atom stereocenters. The van der Waals surface area contributed by atoms with Crippen molar-refractivity contribution in [2.75, 3.05) is 13.1 Å². The normalized spacial score (nSPS) is 12.9. The highest BCUT2D eigenvalue weighted by Gasteiger charge is 2.36. The highest BCUT2D eigenvalue weighted by atomic mass is 16.4. The van der Waals surface area contributed by atoms with Crippen molar-refractivity contribution in [2.45, 2.75) is 13.3 Å². The first-order valence-electron chi connectivity index (χ1n) is 9.15. The molecule has 2 aromatic carbocycles. The van der Waals surface area contributed by atoms with E-state index in [0.717, 1.165) is 16.0 Å². The second kappa shape index (κ2) is 7.67. The van der Waals surface area contributed by atoms with Gasteiger partial charge in [-0.1, -0.05) is 30.3 Å². The molecule has 2 heterocycles. The predicted molar refractivity (Wildman–Crippen MR) is 103 cm³/mol. The van der Waals surface area contributed by atoms with Crippen molar-refractivity contribution in [1.82, 2.24) is 20.4 Å². The van der Waals surface area contributed by atoms with Gasteiger partial charge in [0.05, 0.1) is 11.1 Å². The van der Waals surface area contributed by atoms with Gasteiger partial charge in [0.15, 0.2) is 0 Å². The van der Waals surface area contributed by atoms with Crippen LogP contribution in [0.15, 0.2) is 52.9 Å². The molecule has 0 spiro atoms. The SMILES string of the molecule is Cc1ccccc1-c1nnc(CCNC(=O)CN2C(=O)c3ccccc3C2=O)o1. The van der Waals surface area contributed by atoms with Crippen molar-refractivity contribution in [3.05, 3.63) is 71.1 Å². The Hall–Kier alpha value is -3.81. The van der Waals surface area contributed by atoms with Crippen molar-refractivity contribution < 1.29 is 18.8 Å². The summed E-state index contributed by atoms with van der Waals surface area (Å²) in [6.45, 7) is 1.88. The summed E-state index contributed by atoms with van der Waals surface area (Å²) in [4.78, 5) is 37.7. The summed E-state index contributed by atoms with van der Waals surface area (Å²) in [5.41, 5.74) is 2.53. The monoisotopic (exact) mass is 390 g/mol. The molecule has 3 amide bonds. The molecular weight excluding hydrogens is 372 g/mol. The Kier molecular flexibility index (Phi) is 4.90. The third-order valence-corrected chi connectivity index (χ3v) is 4.68. The van der Waals surface area contributed by atoms with Gasteiger partial charge in [0.2, 0.25) is 17.7 Å². The Morgan fingerprint density at radius 3 is 2.24 bits per heavy atom. The number of aryl methyl sites for hydroxylation is 1. The molecular formula is C21H18N4O4. The Balaban J connectivity index is 1.31. The van der Waals surface area contributed by atoms with E-state index in [2.05, 4.69) is 15.5 Å². The number of carbonyl (C=O) groups excluding carboxylic acids is 3. The molecule has 1 N–H and O–H groups in total. The molecule has 0 aliphatic carbocycles. The lowest BCUT2D eigenvalue weighted by Crippen LogP contribution is -2.40. The number of nitrogens with one attached hydrogen (secondary N) is 1. The minimum absolute atomic E-state index is 0.247. The minimum Gasteiger partial charge on any atom is -0.421 e. The lowest BCUT2D eigenvalue weighted by atomic mass is 10.1. The fourth-order valence-corrected chi connectivity index (χ4v) is 3.17. The van der Waals surface area contributed by atoms with Gasteiger partial charge in [-0.15, -0.1) is 10.2 Å². The second-order valence-corrected chi connectivity index (χ2v) is 6.66. The number of imide groups is 1. The first-order valence-corrected chi connectivity index (χ1v) is 9.15. The van der Waals surface area contributed by atoms with Crippen LogP contribution in [0, 0.1) is 6.92 Å². The number of rotatable bonds is 6. The van der Waals surface area contributed by atoms with Gasteiger partial charge in [0.25, 0.3) is 11.8 Å². The quantitative estimate of drug-likeness (QED) is 0.646. The summed E-state index contributed by atoms with van der Waals surface area (Å²) in [6, 6.07) is 14.2. The van der Waals surface area contributed by atoms with Crippen molar-refractivity contribution in [1.29, 1.82) is 0 Å². The van der Waals surface area contributed by atoms with E-state index < -0.39 is 17.7 Å². The maximum atomic E-state index is 12.3. The number of amides is 3. The van der Waals surface area contributed by atoms with E-state index >= 15 is 0 Å². The van der Waals surface area contributed by atoms with Gasteiger partial charge in [-0.05, 0) is 30.7 Å². The van der Waals surface area contributed by atoms with Crippen LogP contribution in [0.3, 0.4) is 0 Å². The molecule has 3 aromatic rings. The summed E-state index contributed by atoms with van der Waals surface area (Å²) in [5, 5.41) is 10.7. The largest absolute Gasteiger partial charge is 0.421 e. The number of hydrogen-bond donors (Lipinski definition) is 1. The van der Waals surface area contributed by atoms with Gasteiger partial charge in [-0.2, -0.15) is 0 Å². The topological polar surface area (TPSA) is 105 Å². The third kappa shape index (κ3) is 3.64. The van der Waals surface area contributed by atoms with Gasteiger partial charge in [-0.3, -0.25) is 19.3 Å². The van der Waals surface area contributed by atoms with Crippen LogP contribution in [0.1, 0.15) is 32.2 Å². The molecule has 29 heavy (non-hydrogen) atoms. The highest BCUT2D eigenvalue weighted by molar-refractivity contribution is 6.22. The standard InChI is InChI=1S/C21H18N4O4/c1-13-6-2-3-7-14(13)19-24-23-18(29-19)10-11-22-17(26)12-25-20(27)15-8-4-5-9-16(15)21(25)28/h2-9H,10-12H2,1H3,(H,22,26). The molecule has 1 aromatic heterocycles. The molecule has 8 nitrogen and oxygen atoms in total. The lowest BCUT2D eigenvalue weighted by molar-refractivity contribution is -0.121. The summed E-state index contributed by atoms with van der Waals surface area (Å²) in [6.07, 6.45) is 0.340. The van der Waals surface area contributed by atoms with Crippen LogP contribution in [-0.4, -0.2) is 45.9 Å². The zero-order valence-corrected chi connectivity index (χ0v) is 15.7. The molecule has 146 valence electrons. The summed E-state index contributed by atoms with van der Waals surface area (Å²) >= 11 is 0. The van der Waals surface area contributed by atoms with Crippen molar-refractivity contribution in [2.24, 2.45) is 0 Å². The fraction of sp³-hybridized carbons (Fsp3) is 0.190. The van der Waals surface area contributed by atoms with E-state index in [1.807, 2.05) is 31.2 Å². The first kappa shape index (κ1) is 18.5. The number of carbonyl (C=O) groups is 3. The Morgan fingerprint density at radius 1 is 0.966 bits per heavy atom. The Labute approximate surface area is 166 Å². The van der Waals surface area contributed by atoms with Crippen LogP contribution in [0.5, 0.6) is 0 Å². The molecule has 1 aliphatic rings. The van der Waals surface area contributed by atoms with Crippen molar-refractivity contribution >= 4 is 17.7 Å². The smallest absolute Gasteiger partial charge is 0.262 e. The predicted octanol–water partition coefficient (Wildman–Crippen LogP) is 2.00. The highest BCUT2D eigenvalue weighted by Crippen LogP contribution is 2.22. The van der Waals surface area contributed by atoms with Gasteiger partial charge in [0, 0.05) is 18.5 Å². The lowest BCUT2D eigenvalue weighted by Gasteiger charge is -2.13. The van der Waals surface area contributed by atoms with Crippen LogP contribution in [0.4, 0.5) is 0 Å². The summed E-state index contributed by atoms with van der Waals surface area (Å²) in [5.74, 6) is -0.529. The first-order chi connectivity index (χ1) is 14.0. The molecule has 4 rings (SSSR count). The average molecular weight is 390 g/mol. The van der Waals surface area contributed by atoms with E-state index in [-0.39, 0.29) is 13.1 Å². The molecule has 0 saturated carbocycles. The van der Waals surface area contributed by atoms with Crippen molar-refractivity contribution in [3.63, 3.8) is 0 Å². The summed E-state index contributed by atoms with van der Waals surface area (Å²) in [7, 11) is 0. The van der Waals surface area contributed by atoms with E-state index in [1.54, 1.807) is 24.3 Å². The fourth-order valence-electron chi connectivity index (χ4n) is 3.17. The number of nitrogens with zero attached hydrogens (tertiary/aromatic N) is 3. The van der Waals surface area contributed by atoms with Crippen molar-refractivity contribution in [3.8, 4) is 11.5 Å². The van der Waals surface area contributed by atoms with E-state index in [0.29, 0.717) is 29.3 Å². The zero-order valence-electron chi connectivity index (χ0n) is 15.7. The number of benzene rings is 2. The summed E-state index contributed by atoms with van der Waals surface area (Å²) < 4.78 is 5.65. The number of hydrogen-bond acceptors (Lipinski definition) is 6. The average Bonchev–Trinajstić information content (AvgIpc) is 3.28. The molecule has 0 bridgehead atoms. The van der Waals surface area contributed by atoms with Gasteiger partial charge in [0.1, 0.15) is 6.54 Å². The molecule has 1 aliphatic heterocycles. The van der Waals surface area contributed by atoms with Crippen LogP contribution < -0.4 is 5.32 Å². The molecule has 0 unspecified atom stereocenters. The van der Waals surface area contributed by atoms with Gasteiger partial charge in [-0.25, -0.2) is 0 Å². The molecule has 0 saturated heterocycles. The maximum Gasteiger partial charge on any atom is 0.262 e. The Bertz CT molecular complexity index is 1070. The van der Waals surface area contributed by atoms with E-state index in [4.69, 9.17) is 4.42 Å². The molecule has 8 heteroatoms. The maximum absolute atomic E-state index is 12.3. The molecule has 0 fully saturated rings. The minimum atomic E-state index is -0.458. The van der Waals surface area contributed by atoms with Crippen LogP contribution in [-0.2, 0) is 11.2 Å². The van der Waals surface area contributed by atoms with Crippen LogP contribution in [0.2, 0.25) is 0 Å². The number of aromatic nitrogens is 2. The second-order valence-electron chi connectivity index (χ2n) is 6.66. The van der Waals surface area contributed by atoms with Gasteiger partial charge < -0.3 is 9.73 Å². The molecule has 0 radical (unpaired) electrons.